The van der Waals surface area contributed by atoms with Gasteiger partial charge in [-0.3, -0.25) is 4.79 Å². The maximum Gasteiger partial charge on any atom is 0.221 e. The second-order valence-corrected chi connectivity index (χ2v) is 6.13. The highest BCUT2D eigenvalue weighted by Crippen LogP contribution is 2.11. The van der Waals surface area contributed by atoms with E-state index in [0.29, 0.717) is 19.0 Å². The van der Waals surface area contributed by atoms with Gasteiger partial charge in [0, 0.05) is 30.5 Å². The fraction of sp³-hybridized carbons (Fsp3) is 0.533. The lowest BCUT2D eigenvalue weighted by Gasteiger charge is -2.23. The first kappa shape index (κ1) is 18.1. The first-order valence-corrected chi connectivity index (χ1v) is 8.19. The maximum absolute atomic E-state index is 11.9. The average molecular weight is 331 g/mol. The van der Waals surface area contributed by atoms with Crippen LogP contribution in [0.5, 0.6) is 5.75 Å². The van der Waals surface area contributed by atoms with Crippen LogP contribution in [0.25, 0.3) is 0 Å². The molecule has 2 N–H and O–H groups in total. The van der Waals surface area contributed by atoms with Crippen LogP contribution in [-0.4, -0.2) is 42.6 Å². The summed E-state index contributed by atoms with van der Waals surface area (Å²) in [6, 6.07) is 9.97. The molecule has 1 aromatic rings. The molecule has 1 fully saturated rings. The van der Waals surface area contributed by atoms with Crippen molar-refractivity contribution in [3.63, 3.8) is 0 Å². The normalized spacial score (nSPS) is 19.2. The molecular formula is C15H23ClN2O2S. The van der Waals surface area contributed by atoms with Crippen LogP contribution in [0.4, 0.5) is 0 Å². The van der Waals surface area contributed by atoms with E-state index in [9.17, 15) is 4.79 Å². The highest BCUT2D eigenvalue weighted by atomic mass is 35.5. The predicted octanol–water partition coefficient (Wildman–Crippen LogP) is 2.09. The molecule has 1 aliphatic rings. The Morgan fingerprint density at radius 3 is 2.90 bits per heavy atom. The first-order chi connectivity index (χ1) is 9.74. The summed E-state index contributed by atoms with van der Waals surface area (Å²) in [5.74, 6) is 3.08. The number of hydrogen-bond donors (Lipinski definition) is 2. The van der Waals surface area contributed by atoms with Crippen LogP contribution in [0, 0.1) is 0 Å². The highest BCUT2D eigenvalue weighted by Gasteiger charge is 2.17. The van der Waals surface area contributed by atoms with Gasteiger partial charge in [-0.25, -0.2) is 0 Å². The molecule has 2 atom stereocenters. The Morgan fingerprint density at radius 1 is 1.48 bits per heavy atom. The lowest BCUT2D eigenvalue weighted by molar-refractivity contribution is -0.121. The van der Waals surface area contributed by atoms with Crippen LogP contribution in [0.15, 0.2) is 30.3 Å². The Morgan fingerprint density at radius 2 is 2.24 bits per heavy atom. The molecule has 1 heterocycles. The summed E-state index contributed by atoms with van der Waals surface area (Å²) in [5.41, 5.74) is 0. The smallest absolute Gasteiger partial charge is 0.221 e. The summed E-state index contributed by atoms with van der Waals surface area (Å²) in [4.78, 5) is 11.9. The van der Waals surface area contributed by atoms with Gasteiger partial charge >= 0.3 is 0 Å². The minimum Gasteiger partial charge on any atom is -0.489 e. The molecule has 0 saturated carbocycles. The van der Waals surface area contributed by atoms with Gasteiger partial charge in [0.15, 0.2) is 0 Å². The number of amides is 1. The number of benzene rings is 1. The average Bonchev–Trinajstić information content (AvgIpc) is 2.47. The molecule has 1 aromatic carbocycles. The molecule has 0 aromatic heterocycles. The minimum atomic E-state index is -0.0324. The number of carbonyl (C=O) groups excluding carboxylic acids is 1. The monoisotopic (exact) mass is 330 g/mol. The molecule has 1 aliphatic heterocycles. The summed E-state index contributed by atoms with van der Waals surface area (Å²) in [7, 11) is 0. The van der Waals surface area contributed by atoms with Gasteiger partial charge in [-0.05, 0) is 19.1 Å². The van der Waals surface area contributed by atoms with Gasteiger partial charge in [0.1, 0.15) is 11.9 Å². The van der Waals surface area contributed by atoms with Crippen molar-refractivity contribution < 1.29 is 9.53 Å². The number of nitrogens with one attached hydrogen (secondary N) is 2. The third-order valence-electron chi connectivity index (χ3n) is 3.10. The number of carbonyl (C=O) groups is 1. The molecule has 0 bridgehead atoms. The third kappa shape index (κ3) is 7.07. The van der Waals surface area contributed by atoms with Crippen LogP contribution in [-0.2, 0) is 4.79 Å². The van der Waals surface area contributed by atoms with E-state index in [2.05, 4.69) is 10.6 Å². The molecule has 0 radical (unpaired) electrons. The quantitative estimate of drug-likeness (QED) is 0.838. The van der Waals surface area contributed by atoms with E-state index in [1.165, 1.54) is 0 Å². The number of ether oxygens (including phenoxy) is 1. The van der Waals surface area contributed by atoms with Crippen molar-refractivity contribution in [2.24, 2.45) is 0 Å². The van der Waals surface area contributed by atoms with Crippen LogP contribution in [0.2, 0.25) is 0 Å². The highest BCUT2D eigenvalue weighted by molar-refractivity contribution is 7.99. The Balaban J connectivity index is 0.00000220. The lowest BCUT2D eigenvalue weighted by atomic mass is 10.2. The molecule has 0 spiro atoms. The second-order valence-electron chi connectivity index (χ2n) is 4.98. The zero-order valence-electron chi connectivity index (χ0n) is 12.2. The van der Waals surface area contributed by atoms with E-state index in [4.69, 9.17) is 4.74 Å². The van der Waals surface area contributed by atoms with Crippen molar-refractivity contribution >= 4 is 30.1 Å². The number of rotatable bonds is 6. The molecule has 4 nitrogen and oxygen atoms in total. The van der Waals surface area contributed by atoms with Gasteiger partial charge in [-0.2, -0.15) is 11.8 Å². The maximum atomic E-state index is 11.9. The van der Waals surface area contributed by atoms with E-state index in [1.54, 1.807) is 0 Å². The summed E-state index contributed by atoms with van der Waals surface area (Å²) >= 11 is 1.90. The van der Waals surface area contributed by atoms with Gasteiger partial charge in [-0.1, -0.05) is 18.2 Å². The second kappa shape index (κ2) is 9.92. The molecule has 2 rings (SSSR count). The summed E-state index contributed by atoms with van der Waals surface area (Å²) in [6.45, 7) is 3.49. The number of para-hydroxylation sites is 1. The zero-order valence-corrected chi connectivity index (χ0v) is 13.8. The van der Waals surface area contributed by atoms with Crippen LogP contribution in [0.3, 0.4) is 0 Å². The number of thioether (sulfide) groups is 1. The standard InChI is InChI=1S/C15H22N2O2S.ClH/c1-12(19-14-5-3-2-4-6-14)10-17-15(18)9-13-11-20-8-7-16-13;/h2-6,12-13,16H,7-11H2,1H3,(H,17,18);1H. The van der Waals surface area contributed by atoms with E-state index in [0.717, 1.165) is 23.8 Å². The van der Waals surface area contributed by atoms with Gasteiger partial charge in [-0.15, -0.1) is 12.4 Å². The lowest BCUT2D eigenvalue weighted by Crippen LogP contribution is -2.42. The first-order valence-electron chi connectivity index (χ1n) is 7.03. The SMILES string of the molecule is CC(CNC(=O)CC1CSCCN1)Oc1ccccc1.Cl. The fourth-order valence-corrected chi connectivity index (χ4v) is 3.03. The molecular weight excluding hydrogens is 308 g/mol. The zero-order chi connectivity index (χ0) is 14.2. The summed E-state index contributed by atoms with van der Waals surface area (Å²) in [5, 5.41) is 6.30. The molecule has 0 aliphatic carbocycles. The van der Waals surface area contributed by atoms with Crippen molar-refractivity contribution in [1.82, 2.24) is 10.6 Å². The molecule has 2 unspecified atom stereocenters. The molecule has 118 valence electrons. The predicted molar refractivity (Wildman–Crippen MR) is 90.5 cm³/mol. The van der Waals surface area contributed by atoms with Crippen molar-refractivity contribution in [3.8, 4) is 5.75 Å². The summed E-state index contributed by atoms with van der Waals surface area (Å²) in [6.07, 6.45) is 0.514. The largest absolute Gasteiger partial charge is 0.489 e. The molecule has 1 saturated heterocycles. The van der Waals surface area contributed by atoms with Crippen molar-refractivity contribution in [1.29, 1.82) is 0 Å². The van der Waals surface area contributed by atoms with Crippen molar-refractivity contribution in [2.75, 3.05) is 24.6 Å². The van der Waals surface area contributed by atoms with Gasteiger partial charge in [0.05, 0.1) is 6.54 Å². The third-order valence-corrected chi connectivity index (χ3v) is 4.23. The summed E-state index contributed by atoms with van der Waals surface area (Å²) < 4.78 is 5.72. The van der Waals surface area contributed by atoms with E-state index in [-0.39, 0.29) is 24.4 Å². The number of halogens is 1. The minimum absolute atomic E-state index is 0. The van der Waals surface area contributed by atoms with Gasteiger partial charge in [0.2, 0.25) is 5.91 Å². The van der Waals surface area contributed by atoms with Crippen LogP contribution in [0.1, 0.15) is 13.3 Å². The molecule has 21 heavy (non-hydrogen) atoms. The van der Waals surface area contributed by atoms with Crippen molar-refractivity contribution in [3.05, 3.63) is 30.3 Å². The topological polar surface area (TPSA) is 50.4 Å². The fourth-order valence-electron chi connectivity index (χ4n) is 2.08. The van der Waals surface area contributed by atoms with Crippen LogP contribution < -0.4 is 15.4 Å². The van der Waals surface area contributed by atoms with E-state index >= 15 is 0 Å². The Bertz CT molecular complexity index is 413. The van der Waals surface area contributed by atoms with Gasteiger partial charge < -0.3 is 15.4 Å². The van der Waals surface area contributed by atoms with Gasteiger partial charge in [0.25, 0.3) is 0 Å². The Labute approximate surface area is 136 Å². The Hall–Kier alpha value is -0.910. The molecule has 6 heteroatoms. The van der Waals surface area contributed by atoms with Crippen LogP contribution >= 0.6 is 24.2 Å². The molecule has 1 amide bonds. The van der Waals surface area contributed by atoms with Crippen molar-refractivity contribution in [2.45, 2.75) is 25.5 Å². The van der Waals surface area contributed by atoms with E-state index < -0.39 is 0 Å². The number of hydrogen-bond acceptors (Lipinski definition) is 4. The van der Waals surface area contributed by atoms with E-state index in [1.807, 2.05) is 49.0 Å². The Kier molecular flexibility index (Phi) is 8.57.